The van der Waals surface area contributed by atoms with Crippen LogP contribution in [0.3, 0.4) is 0 Å². The Kier molecular flexibility index (Phi) is 17.9. The molecule has 0 aromatic carbocycles. The summed E-state index contributed by atoms with van der Waals surface area (Å²) >= 11 is 0. The molecule has 1 rings (SSSR count). The average Bonchev–Trinajstić information content (AvgIpc) is 2.69. The number of rotatable bonds is 3. The van der Waals surface area contributed by atoms with Crippen molar-refractivity contribution in [2.75, 3.05) is 39.3 Å². The molecule has 1 aliphatic heterocycles. The standard InChI is InChI=1S/C15H33N3.2CHF3O3S.Fe/c1-13(2)16-7-9-17(14(3)4)11-12-18(10-8-16)15(5)6;2*2-1(3,4)8(5,6)7;/h13-15H,7-12H2,1-6H3;2*(H,5,6,7);/q;;;+5/p-2. The van der Waals surface area contributed by atoms with Gasteiger partial charge in [0.2, 0.25) is 0 Å². The molecule has 0 spiro atoms. The molecule has 1 heterocycles. The summed E-state index contributed by atoms with van der Waals surface area (Å²) in [7, 11) is -12.2. The maximum Gasteiger partial charge on any atom is 5.00 e. The number of halogens is 6. The van der Waals surface area contributed by atoms with Gasteiger partial charge in [0.25, 0.3) is 0 Å². The zero-order valence-electron chi connectivity index (χ0n) is 20.2. The van der Waals surface area contributed by atoms with E-state index in [0.29, 0.717) is 18.1 Å². The van der Waals surface area contributed by atoms with Crippen LogP contribution in [0.1, 0.15) is 41.5 Å². The van der Waals surface area contributed by atoms with Gasteiger partial charge in [-0.05, 0) is 41.5 Å². The van der Waals surface area contributed by atoms with Crippen molar-refractivity contribution in [1.29, 1.82) is 0 Å². The van der Waals surface area contributed by atoms with Gasteiger partial charge in [0.15, 0.2) is 20.2 Å². The predicted molar refractivity (Wildman–Crippen MR) is 112 cm³/mol. The quantitative estimate of drug-likeness (QED) is 0.205. The Morgan fingerprint density at radius 1 is 0.543 bits per heavy atom. The molecule has 0 bridgehead atoms. The molecule has 0 aromatic rings. The van der Waals surface area contributed by atoms with Crippen LogP contribution < -0.4 is 0 Å². The molecule has 0 atom stereocenters. The normalized spacial score (nSPS) is 18.0. The SMILES string of the molecule is CC(C)N1CCN(C(C)C)CCN(C(C)C)CC1.O=S(=O)([O-])C(F)(F)F.O=S(=O)([O-])C(F)(F)F.[Fe+5]. The van der Waals surface area contributed by atoms with Crippen molar-refractivity contribution in [2.45, 2.75) is 70.7 Å². The molecule has 1 saturated heterocycles. The first-order chi connectivity index (χ1) is 14.9. The Bertz CT molecular complexity index is 701. The summed E-state index contributed by atoms with van der Waals surface area (Å²) < 4.78 is 118. The molecule has 0 saturated carbocycles. The smallest absolute Gasteiger partial charge is 0.741 e. The van der Waals surface area contributed by atoms with Crippen molar-refractivity contribution >= 4 is 20.2 Å². The zero-order valence-corrected chi connectivity index (χ0v) is 22.9. The number of nitrogens with zero attached hydrogens (tertiary/aromatic N) is 3. The van der Waals surface area contributed by atoms with Gasteiger partial charge in [-0.1, -0.05) is 0 Å². The maximum atomic E-state index is 10.7. The second-order valence-electron chi connectivity index (χ2n) is 8.19. The van der Waals surface area contributed by atoms with Crippen molar-refractivity contribution in [3.8, 4) is 0 Å². The molecule has 0 unspecified atom stereocenters. The molecule has 0 aromatic heterocycles. The second-order valence-corrected chi connectivity index (χ2v) is 10.9. The van der Waals surface area contributed by atoms with Crippen LogP contribution in [0.25, 0.3) is 0 Å². The van der Waals surface area contributed by atoms with E-state index in [-0.39, 0.29) is 17.1 Å². The Morgan fingerprint density at radius 2 is 0.657 bits per heavy atom. The molecule has 1 fully saturated rings. The van der Waals surface area contributed by atoms with Crippen LogP contribution >= 0.6 is 0 Å². The third kappa shape index (κ3) is 17.0. The largest absolute Gasteiger partial charge is 5.00 e. The van der Waals surface area contributed by atoms with Crippen LogP contribution in [0.15, 0.2) is 0 Å². The molecule has 211 valence electrons. The van der Waals surface area contributed by atoms with Gasteiger partial charge in [-0.15, -0.1) is 0 Å². The van der Waals surface area contributed by atoms with Crippen LogP contribution in [0, 0.1) is 0 Å². The molecular formula is C17H33F6FeN3O6S2+3. The van der Waals surface area contributed by atoms with Crippen LogP contribution in [-0.2, 0) is 37.3 Å². The average molecular weight is 609 g/mol. The van der Waals surface area contributed by atoms with Crippen molar-refractivity contribution in [3.63, 3.8) is 0 Å². The molecule has 1 aliphatic rings. The van der Waals surface area contributed by atoms with Crippen molar-refractivity contribution < 1.29 is 69.4 Å². The molecular weight excluding hydrogens is 576 g/mol. The first-order valence-electron chi connectivity index (χ1n) is 10.2. The van der Waals surface area contributed by atoms with Crippen molar-refractivity contribution in [1.82, 2.24) is 14.7 Å². The Balaban J connectivity index is -0.000000505. The first kappa shape index (κ1) is 39.3. The van der Waals surface area contributed by atoms with E-state index < -0.39 is 31.3 Å². The summed E-state index contributed by atoms with van der Waals surface area (Å²) in [5.74, 6) is 0. The summed E-state index contributed by atoms with van der Waals surface area (Å²) in [5, 5.41) is 0. The fourth-order valence-corrected chi connectivity index (χ4v) is 2.66. The van der Waals surface area contributed by atoms with Gasteiger partial charge in [-0.3, -0.25) is 14.7 Å². The summed E-state index contributed by atoms with van der Waals surface area (Å²) in [6.45, 7) is 21.2. The molecule has 0 aliphatic carbocycles. The Hall–Kier alpha value is -0.201. The fraction of sp³-hybridized carbons (Fsp3) is 1.00. The van der Waals surface area contributed by atoms with Crippen LogP contribution in [0.5, 0.6) is 0 Å². The van der Waals surface area contributed by atoms with E-state index in [1.807, 2.05) is 0 Å². The predicted octanol–water partition coefficient (Wildman–Crippen LogP) is 2.23. The molecule has 0 amide bonds. The zero-order chi connectivity index (χ0) is 27.7. The molecule has 18 heteroatoms. The van der Waals surface area contributed by atoms with E-state index in [1.54, 1.807) is 0 Å². The summed E-state index contributed by atoms with van der Waals surface area (Å²) in [6.07, 6.45) is 0. The van der Waals surface area contributed by atoms with Gasteiger partial charge in [0.1, 0.15) is 0 Å². The third-order valence-corrected chi connectivity index (χ3v) is 5.92. The van der Waals surface area contributed by atoms with E-state index in [1.165, 1.54) is 39.3 Å². The Labute approximate surface area is 214 Å². The van der Waals surface area contributed by atoms with Crippen molar-refractivity contribution in [3.05, 3.63) is 0 Å². The van der Waals surface area contributed by atoms with Gasteiger partial charge < -0.3 is 9.11 Å². The van der Waals surface area contributed by atoms with Crippen molar-refractivity contribution in [2.24, 2.45) is 0 Å². The van der Waals surface area contributed by atoms with Crippen LogP contribution in [0.2, 0.25) is 0 Å². The minimum atomic E-state index is -6.09. The monoisotopic (exact) mass is 609 g/mol. The van der Waals surface area contributed by atoms with E-state index in [0.717, 1.165) is 0 Å². The number of hydrogen-bond donors (Lipinski definition) is 0. The van der Waals surface area contributed by atoms with E-state index >= 15 is 0 Å². The minimum absolute atomic E-state index is 0. The van der Waals surface area contributed by atoms with E-state index in [9.17, 15) is 26.3 Å². The van der Waals surface area contributed by atoms with Gasteiger partial charge >= 0.3 is 28.1 Å². The first-order valence-corrected chi connectivity index (χ1v) is 13.0. The Morgan fingerprint density at radius 3 is 0.714 bits per heavy atom. The molecule has 9 nitrogen and oxygen atoms in total. The molecule has 1 radical (unpaired) electrons. The van der Waals surface area contributed by atoms with Gasteiger partial charge in [-0.2, -0.15) is 26.3 Å². The number of hydrogen-bond acceptors (Lipinski definition) is 9. The van der Waals surface area contributed by atoms with Gasteiger partial charge in [-0.25, -0.2) is 16.8 Å². The van der Waals surface area contributed by atoms with E-state index in [4.69, 9.17) is 25.9 Å². The molecule has 35 heavy (non-hydrogen) atoms. The number of alkyl halides is 6. The fourth-order valence-electron chi connectivity index (χ4n) is 2.66. The minimum Gasteiger partial charge on any atom is -0.741 e. The summed E-state index contributed by atoms with van der Waals surface area (Å²) in [4.78, 5) is 7.86. The second kappa shape index (κ2) is 15.9. The topological polar surface area (TPSA) is 124 Å². The van der Waals surface area contributed by atoms with Crippen LogP contribution in [0.4, 0.5) is 26.3 Å². The van der Waals surface area contributed by atoms with E-state index in [2.05, 4.69) is 56.2 Å². The molecule has 0 N–H and O–H groups in total. The van der Waals surface area contributed by atoms with Gasteiger partial charge in [0, 0.05) is 57.4 Å². The van der Waals surface area contributed by atoms with Gasteiger partial charge in [0.05, 0.1) is 0 Å². The summed E-state index contributed by atoms with van der Waals surface area (Å²) in [6, 6.07) is 1.98. The van der Waals surface area contributed by atoms with Crippen LogP contribution in [-0.4, -0.2) is 109 Å². The third-order valence-electron chi connectivity index (χ3n) is 4.78. The summed E-state index contributed by atoms with van der Waals surface area (Å²) in [5.41, 5.74) is -11.3. The maximum absolute atomic E-state index is 10.7.